The summed E-state index contributed by atoms with van der Waals surface area (Å²) in [5, 5.41) is 0. The summed E-state index contributed by atoms with van der Waals surface area (Å²) >= 11 is 0. The van der Waals surface area contributed by atoms with Gasteiger partial charge >= 0.3 is 29.6 Å². The van der Waals surface area contributed by atoms with Gasteiger partial charge in [0, 0.05) is 13.0 Å². The fourth-order valence-electron chi connectivity index (χ4n) is 3.13. The van der Waals surface area contributed by atoms with E-state index in [4.69, 9.17) is 0 Å². The quantitative estimate of drug-likeness (QED) is 0.327. The number of benzene rings is 1. The number of hydrogen-bond acceptors (Lipinski definition) is 5. The van der Waals surface area contributed by atoms with Crippen molar-refractivity contribution in [3.8, 4) is 0 Å². The van der Waals surface area contributed by atoms with E-state index in [2.05, 4.69) is 0 Å². The van der Waals surface area contributed by atoms with Crippen LogP contribution in [-0.4, -0.2) is 52.6 Å². The molecular formula is C14H15N2NaO5S. The first-order valence-electron chi connectivity index (χ1n) is 7.02. The van der Waals surface area contributed by atoms with Crippen LogP contribution in [-0.2, 0) is 26.3 Å². The topological polar surface area (TPSA) is 97.8 Å². The summed E-state index contributed by atoms with van der Waals surface area (Å²) in [7, 11) is -4.78. The minimum atomic E-state index is -4.78. The molecule has 0 saturated carbocycles. The van der Waals surface area contributed by atoms with Gasteiger partial charge in [0.15, 0.2) is 10.3 Å². The summed E-state index contributed by atoms with van der Waals surface area (Å²) < 4.78 is 33.4. The predicted molar refractivity (Wildman–Crippen MR) is 75.2 cm³/mol. The van der Waals surface area contributed by atoms with Crippen molar-refractivity contribution in [2.75, 3.05) is 6.54 Å². The third-order valence-electron chi connectivity index (χ3n) is 4.17. The van der Waals surface area contributed by atoms with E-state index in [9.17, 15) is 22.6 Å². The summed E-state index contributed by atoms with van der Waals surface area (Å²) in [6.45, 7) is 0.306. The molecular weight excluding hydrogens is 331 g/mol. The smallest absolute Gasteiger partial charge is 0.731 e. The molecule has 3 rings (SSSR count). The second-order valence-electron chi connectivity index (χ2n) is 5.47. The van der Waals surface area contributed by atoms with Gasteiger partial charge in [0.25, 0.3) is 5.91 Å². The number of carbonyl (C=O) groups excluding carboxylic acids is 2. The van der Waals surface area contributed by atoms with Gasteiger partial charge in [0.1, 0.15) is 6.04 Å². The van der Waals surface area contributed by atoms with Crippen molar-refractivity contribution < 1.29 is 52.1 Å². The van der Waals surface area contributed by atoms with Crippen LogP contribution >= 0.6 is 0 Å². The Labute approximate surface area is 156 Å². The molecule has 1 aromatic rings. The fourth-order valence-corrected chi connectivity index (χ4v) is 4.01. The van der Waals surface area contributed by atoms with E-state index in [1.165, 1.54) is 4.90 Å². The van der Waals surface area contributed by atoms with E-state index >= 15 is 0 Å². The zero-order valence-electron chi connectivity index (χ0n) is 12.7. The van der Waals surface area contributed by atoms with Crippen molar-refractivity contribution in [1.29, 1.82) is 0 Å². The minimum Gasteiger partial charge on any atom is -0.731 e. The van der Waals surface area contributed by atoms with Crippen LogP contribution < -0.4 is 29.6 Å². The number of aryl methyl sites for hydroxylation is 1. The van der Waals surface area contributed by atoms with E-state index in [0.29, 0.717) is 23.7 Å². The molecule has 2 saturated heterocycles. The number of carbonyl (C=O) groups is 2. The maximum Gasteiger partial charge on any atom is 1.00 e. The molecule has 2 aliphatic heterocycles. The van der Waals surface area contributed by atoms with E-state index in [-0.39, 0.29) is 41.9 Å². The molecule has 2 aliphatic rings. The Morgan fingerprint density at radius 3 is 2.52 bits per heavy atom. The van der Waals surface area contributed by atoms with Crippen molar-refractivity contribution in [3.63, 3.8) is 0 Å². The largest absolute Gasteiger partial charge is 1.00 e. The maximum atomic E-state index is 12.2. The zero-order valence-corrected chi connectivity index (χ0v) is 15.5. The first-order valence-corrected chi connectivity index (χ1v) is 8.38. The van der Waals surface area contributed by atoms with Gasteiger partial charge in [-0.15, -0.1) is 0 Å². The Morgan fingerprint density at radius 2 is 1.91 bits per heavy atom. The molecule has 0 bridgehead atoms. The van der Waals surface area contributed by atoms with Crippen LogP contribution in [0.3, 0.4) is 0 Å². The molecule has 23 heavy (non-hydrogen) atoms. The molecule has 9 heteroatoms. The van der Waals surface area contributed by atoms with Gasteiger partial charge in [-0.1, -0.05) is 30.3 Å². The molecule has 1 aromatic carbocycles. The van der Waals surface area contributed by atoms with Crippen molar-refractivity contribution in [3.05, 3.63) is 35.9 Å². The van der Waals surface area contributed by atoms with E-state index in [1.807, 2.05) is 30.3 Å². The van der Waals surface area contributed by atoms with Crippen LogP contribution in [0.1, 0.15) is 18.4 Å². The van der Waals surface area contributed by atoms with Crippen molar-refractivity contribution in [2.24, 2.45) is 0 Å². The van der Waals surface area contributed by atoms with Crippen LogP contribution in [0.5, 0.6) is 0 Å². The SMILES string of the molecule is O=C(CCc1ccccc1)N1CC[C@@H]2[C@@H]1C(=O)N2S(=O)(=O)[O-].[Na+]. The van der Waals surface area contributed by atoms with Gasteiger partial charge in [-0.2, -0.15) is 0 Å². The third kappa shape index (κ3) is 3.46. The molecule has 0 aromatic heterocycles. The standard InChI is InChI=1S/C14H16N2O5S.Na/c17-12(7-6-10-4-2-1-3-5-10)15-9-8-11-13(15)14(18)16(11)22(19,20)21;/h1-5,11,13H,6-9H2,(H,19,20,21);/q;+1/p-1/t11-,13-;/m1./s1. The van der Waals surface area contributed by atoms with E-state index < -0.39 is 28.3 Å². The summed E-state index contributed by atoms with van der Waals surface area (Å²) in [5.74, 6) is -0.974. The summed E-state index contributed by atoms with van der Waals surface area (Å²) in [5.41, 5.74) is 1.02. The number of likely N-dealkylation sites (tertiary alicyclic amines) is 1. The summed E-state index contributed by atoms with van der Waals surface area (Å²) in [6.07, 6.45) is 1.14. The van der Waals surface area contributed by atoms with Crippen LogP contribution in [0.15, 0.2) is 30.3 Å². The molecule has 0 N–H and O–H groups in total. The Balaban J connectivity index is 0.00000192. The zero-order chi connectivity index (χ0) is 15.9. The number of rotatable bonds is 4. The second kappa shape index (κ2) is 6.90. The third-order valence-corrected chi connectivity index (χ3v) is 5.10. The number of β-lactam (4-membered cyclic amide) rings is 1. The number of hydrogen-bond donors (Lipinski definition) is 0. The molecule has 0 radical (unpaired) electrons. The summed E-state index contributed by atoms with van der Waals surface area (Å²) in [6, 6.07) is 8.03. The molecule has 2 fully saturated rings. The molecule has 2 heterocycles. The Hall–Kier alpha value is -0.930. The maximum absolute atomic E-state index is 12.2. The first kappa shape index (κ1) is 18.4. The van der Waals surface area contributed by atoms with Crippen LogP contribution in [0.25, 0.3) is 0 Å². The van der Waals surface area contributed by atoms with Crippen molar-refractivity contribution in [2.45, 2.75) is 31.3 Å². The van der Waals surface area contributed by atoms with Crippen LogP contribution in [0.2, 0.25) is 0 Å². The van der Waals surface area contributed by atoms with Gasteiger partial charge in [-0.3, -0.25) is 9.59 Å². The fraction of sp³-hybridized carbons (Fsp3) is 0.429. The molecule has 118 valence electrons. The predicted octanol–water partition coefficient (Wildman–Crippen LogP) is -3.10. The van der Waals surface area contributed by atoms with Crippen LogP contribution in [0.4, 0.5) is 0 Å². The number of amides is 2. The molecule has 0 unspecified atom stereocenters. The van der Waals surface area contributed by atoms with Crippen molar-refractivity contribution >= 4 is 22.1 Å². The Bertz CT molecular complexity index is 709. The summed E-state index contributed by atoms with van der Waals surface area (Å²) in [4.78, 5) is 25.5. The van der Waals surface area contributed by atoms with Gasteiger partial charge < -0.3 is 9.45 Å². The Kier molecular flexibility index (Phi) is 5.52. The van der Waals surface area contributed by atoms with Gasteiger partial charge in [-0.05, 0) is 18.4 Å². The average Bonchev–Trinajstić information content (AvgIpc) is 2.83. The normalized spacial score (nSPS) is 23.1. The van der Waals surface area contributed by atoms with Gasteiger partial charge in [0.05, 0.1) is 6.04 Å². The van der Waals surface area contributed by atoms with E-state index in [0.717, 1.165) is 5.56 Å². The molecule has 0 spiro atoms. The van der Waals surface area contributed by atoms with Gasteiger partial charge in [-0.25, -0.2) is 12.7 Å². The number of nitrogens with zero attached hydrogens (tertiary/aromatic N) is 2. The van der Waals surface area contributed by atoms with E-state index in [1.54, 1.807) is 0 Å². The molecule has 0 aliphatic carbocycles. The Morgan fingerprint density at radius 1 is 1.26 bits per heavy atom. The molecule has 2 atom stereocenters. The monoisotopic (exact) mass is 346 g/mol. The first-order chi connectivity index (χ1) is 10.4. The minimum absolute atomic E-state index is 0. The van der Waals surface area contributed by atoms with Crippen LogP contribution in [0, 0.1) is 0 Å². The van der Waals surface area contributed by atoms with Gasteiger partial charge in [0.2, 0.25) is 5.91 Å². The molecule has 2 amide bonds. The number of fused-ring (bicyclic) bond motifs is 1. The molecule has 7 nitrogen and oxygen atoms in total. The average molecular weight is 346 g/mol. The second-order valence-corrected chi connectivity index (χ2v) is 6.71. The van der Waals surface area contributed by atoms with Crippen molar-refractivity contribution in [1.82, 2.24) is 9.21 Å².